The summed E-state index contributed by atoms with van der Waals surface area (Å²) in [5.74, 6) is 0.180. The van der Waals surface area contributed by atoms with Gasteiger partial charge in [-0.25, -0.2) is 5.01 Å². The largest absolute Gasteiger partial charge is 0.454 e. The van der Waals surface area contributed by atoms with E-state index < -0.39 is 11.8 Å². The standard InChI is InChI=1S/C23H22N4O6/c24-12-17-3-1-4-18(9-17)25-21(28)13-31-14-23(30)27-8-2-7-26(27)22(29)11-16-5-6-19-20(10-16)33-15-32-19/h1,3-6,9-10H,2,7-8,11,13-15H2,(H,25,28). The summed E-state index contributed by atoms with van der Waals surface area (Å²) >= 11 is 0. The third-order valence-electron chi connectivity index (χ3n) is 5.13. The summed E-state index contributed by atoms with van der Waals surface area (Å²) in [4.78, 5) is 37.4. The first-order chi connectivity index (χ1) is 16.0. The third kappa shape index (κ3) is 5.39. The molecule has 0 saturated carbocycles. The molecule has 170 valence electrons. The summed E-state index contributed by atoms with van der Waals surface area (Å²) in [5.41, 5.74) is 1.65. The average molecular weight is 450 g/mol. The van der Waals surface area contributed by atoms with E-state index in [1.165, 1.54) is 16.1 Å². The van der Waals surface area contributed by atoms with Crippen molar-refractivity contribution in [1.82, 2.24) is 10.0 Å². The Bertz CT molecular complexity index is 1110. The lowest BCUT2D eigenvalue weighted by atomic mass is 10.1. The van der Waals surface area contributed by atoms with Crippen molar-refractivity contribution in [3.63, 3.8) is 0 Å². The second-order valence-corrected chi connectivity index (χ2v) is 7.49. The number of carbonyl (C=O) groups excluding carboxylic acids is 3. The number of hydrazine groups is 1. The van der Waals surface area contributed by atoms with Gasteiger partial charge in [-0.05, 0) is 42.3 Å². The van der Waals surface area contributed by atoms with Gasteiger partial charge in [0.15, 0.2) is 11.5 Å². The van der Waals surface area contributed by atoms with E-state index in [1.54, 1.807) is 36.4 Å². The van der Waals surface area contributed by atoms with Gasteiger partial charge in [-0.15, -0.1) is 0 Å². The maximum absolute atomic E-state index is 12.8. The van der Waals surface area contributed by atoms with Crippen LogP contribution in [0.4, 0.5) is 5.69 Å². The van der Waals surface area contributed by atoms with E-state index in [0.29, 0.717) is 42.3 Å². The zero-order valence-electron chi connectivity index (χ0n) is 17.8. The molecule has 4 rings (SSSR count). The Kier molecular flexibility index (Phi) is 6.71. The van der Waals surface area contributed by atoms with Crippen LogP contribution in [0.15, 0.2) is 42.5 Å². The first-order valence-corrected chi connectivity index (χ1v) is 10.4. The van der Waals surface area contributed by atoms with Crippen molar-refractivity contribution in [2.45, 2.75) is 12.8 Å². The van der Waals surface area contributed by atoms with E-state index in [4.69, 9.17) is 19.5 Å². The Hall–Kier alpha value is -4.10. The van der Waals surface area contributed by atoms with Crippen molar-refractivity contribution in [3.05, 3.63) is 53.6 Å². The molecule has 3 amide bonds. The minimum Gasteiger partial charge on any atom is -0.454 e. The highest BCUT2D eigenvalue weighted by Gasteiger charge is 2.30. The van der Waals surface area contributed by atoms with Crippen LogP contribution in [-0.4, -0.2) is 60.8 Å². The van der Waals surface area contributed by atoms with Crippen LogP contribution < -0.4 is 14.8 Å². The highest BCUT2D eigenvalue weighted by atomic mass is 16.7. The molecule has 1 saturated heterocycles. The summed E-state index contributed by atoms with van der Waals surface area (Å²) in [6, 6.07) is 13.8. The number of nitriles is 1. The zero-order valence-corrected chi connectivity index (χ0v) is 17.8. The van der Waals surface area contributed by atoms with Gasteiger partial charge in [0.2, 0.25) is 18.6 Å². The van der Waals surface area contributed by atoms with Gasteiger partial charge in [0.05, 0.1) is 18.1 Å². The number of amides is 3. The van der Waals surface area contributed by atoms with Crippen molar-refractivity contribution in [2.75, 3.05) is 38.4 Å². The van der Waals surface area contributed by atoms with E-state index in [0.717, 1.165) is 5.56 Å². The molecule has 1 N–H and O–H groups in total. The molecule has 33 heavy (non-hydrogen) atoms. The number of hydrogen-bond donors (Lipinski definition) is 1. The predicted molar refractivity (Wildman–Crippen MR) is 115 cm³/mol. The van der Waals surface area contributed by atoms with Gasteiger partial charge < -0.3 is 19.5 Å². The van der Waals surface area contributed by atoms with E-state index in [9.17, 15) is 14.4 Å². The molecule has 0 radical (unpaired) electrons. The molecule has 0 spiro atoms. The number of rotatable bonds is 7. The minimum absolute atomic E-state index is 0.117. The van der Waals surface area contributed by atoms with Crippen LogP contribution in [0.1, 0.15) is 17.5 Å². The Morgan fingerprint density at radius 3 is 2.61 bits per heavy atom. The third-order valence-corrected chi connectivity index (χ3v) is 5.13. The molecule has 2 aromatic carbocycles. The maximum atomic E-state index is 12.8. The van der Waals surface area contributed by atoms with Crippen LogP contribution in [0.3, 0.4) is 0 Å². The van der Waals surface area contributed by atoms with Gasteiger partial charge in [-0.3, -0.25) is 19.4 Å². The fourth-order valence-corrected chi connectivity index (χ4v) is 3.62. The number of anilines is 1. The summed E-state index contributed by atoms with van der Waals surface area (Å²) in [7, 11) is 0. The minimum atomic E-state index is -0.449. The molecule has 0 aromatic heterocycles. The van der Waals surface area contributed by atoms with E-state index in [1.807, 2.05) is 6.07 Å². The molecule has 2 aliphatic heterocycles. The molecular formula is C23H22N4O6. The molecule has 2 heterocycles. The number of hydrogen-bond acceptors (Lipinski definition) is 7. The van der Waals surface area contributed by atoms with Crippen LogP contribution in [-0.2, 0) is 25.5 Å². The van der Waals surface area contributed by atoms with Gasteiger partial charge in [-0.2, -0.15) is 5.26 Å². The van der Waals surface area contributed by atoms with Crippen molar-refractivity contribution in [3.8, 4) is 17.6 Å². The summed E-state index contributed by atoms with van der Waals surface area (Å²) < 4.78 is 15.9. The van der Waals surface area contributed by atoms with Crippen molar-refractivity contribution in [2.24, 2.45) is 0 Å². The Balaban J connectivity index is 1.25. The fraction of sp³-hybridized carbons (Fsp3) is 0.304. The SMILES string of the molecule is N#Cc1cccc(NC(=O)COCC(=O)N2CCCN2C(=O)Cc2ccc3c(c2)OCO3)c1. The lowest BCUT2D eigenvalue weighted by molar-refractivity contribution is -0.160. The number of nitrogens with zero attached hydrogens (tertiary/aromatic N) is 3. The van der Waals surface area contributed by atoms with Crippen LogP contribution in [0.2, 0.25) is 0 Å². The highest BCUT2D eigenvalue weighted by molar-refractivity contribution is 5.92. The smallest absolute Gasteiger partial charge is 0.267 e. The summed E-state index contributed by atoms with van der Waals surface area (Å²) in [6.07, 6.45) is 0.778. The van der Waals surface area contributed by atoms with Crippen LogP contribution in [0, 0.1) is 11.3 Å². The predicted octanol–water partition coefficient (Wildman–Crippen LogP) is 1.46. The van der Waals surface area contributed by atoms with Gasteiger partial charge in [0.1, 0.15) is 13.2 Å². The Morgan fingerprint density at radius 1 is 1.00 bits per heavy atom. The second kappa shape index (κ2) is 10.0. The molecule has 10 heteroatoms. The normalized spacial score (nSPS) is 14.2. The molecule has 2 aromatic rings. The summed E-state index contributed by atoms with van der Waals surface area (Å²) in [5, 5.41) is 14.3. The zero-order chi connectivity index (χ0) is 23.2. The number of nitrogens with one attached hydrogen (secondary N) is 1. The maximum Gasteiger partial charge on any atom is 0.267 e. The summed E-state index contributed by atoms with van der Waals surface area (Å²) in [6.45, 7) is 0.333. The van der Waals surface area contributed by atoms with Gasteiger partial charge in [0.25, 0.3) is 5.91 Å². The Morgan fingerprint density at radius 2 is 1.79 bits per heavy atom. The molecule has 0 aliphatic carbocycles. The van der Waals surface area contributed by atoms with Crippen LogP contribution in [0.5, 0.6) is 11.5 Å². The quantitative estimate of drug-likeness (QED) is 0.678. The Labute approximate surface area is 190 Å². The molecule has 10 nitrogen and oxygen atoms in total. The van der Waals surface area contributed by atoms with Crippen LogP contribution >= 0.6 is 0 Å². The van der Waals surface area contributed by atoms with Crippen LogP contribution in [0.25, 0.3) is 0 Å². The molecular weight excluding hydrogens is 428 g/mol. The lowest BCUT2D eigenvalue weighted by Crippen LogP contribution is -2.47. The lowest BCUT2D eigenvalue weighted by Gasteiger charge is -2.28. The molecule has 0 bridgehead atoms. The number of fused-ring (bicyclic) bond motifs is 1. The number of ether oxygens (including phenoxy) is 3. The number of benzene rings is 2. The molecule has 2 aliphatic rings. The first kappa shape index (κ1) is 22.1. The monoisotopic (exact) mass is 450 g/mol. The molecule has 0 unspecified atom stereocenters. The van der Waals surface area contributed by atoms with Gasteiger partial charge in [-0.1, -0.05) is 12.1 Å². The van der Waals surface area contributed by atoms with E-state index in [-0.39, 0.29) is 32.3 Å². The highest BCUT2D eigenvalue weighted by Crippen LogP contribution is 2.32. The second-order valence-electron chi connectivity index (χ2n) is 7.49. The fourth-order valence-electron chi connectivity index (χ4n) is 3.62. The van der Waals surface area contributed by atoms with Crippen molar-refractivity contribution >= 4 is 23.4 Å². The average Bonchev–Trinajstić information content (AvgIpc) is 3.48. The van der Waals surface area contributed by atoms with E-state index >= 15 is 0 Å². The van der Waals surface area contributed by atoms with Gasteiger partial charge in [0, 0.05) is 18.8 Å². The van der Waals surface area contributed by atoms with Crippen molar-refractivity contribution in [1.29, 1.82) is 5.26 Å². The van der Waals surface area contributed by atoms with Gasteiger partial charge >= 0.3 is 0 Å². The number of carbonyl (C=O) groups is 3. The topological polar surface area (TPSA) is 121 Å². The molecule has 1 fully saturated rings. The first-order valence-electron chi connectivity index (χ1n) is 10.4. The molecule has 0 atom stereocenters. The van der Waals surface area contributed by atoms with E-state index in [2.05, 4.69) is 5.32 Å². The van der Waals surface area contributed by atoms with Crippen molar-refractivity contribution < 1.29 is 28.6 Å².